The fourth-order valence-electron chi connectivity index (χ4n) is 1.01. The van der Waals surface area contributed by atoms with Crippen LogP contribution in [0, 0.1) is 5.92 Å². The van der Waals surface area contributed by atoms with Gasteiger partial charge in [0.15, 0.2) is 0 Å². The summed E-state index contributed by atoms with van der Waals surface area (Å²) in [7, 11) is 0. The highest BCUT2D eigenvalue weighted by Gasteiger charge is 2.04. The molecule has 0 heterocycles. The van der Waals surface area contributed by atoms with Gasteiger partial charge in [-0.3, -0.25) is 0 Å². The minimum Gasteiger partial charge on any atom is -0.410 e. The molecule has 0 radical (unpaired) electrons. The van der Waals surface area contributed by atoms with Crippen LogP contribution in [0.2, 0.25) is 0 Å². The average Bonchev–Trinajstić information content (AvgIpc) is 2.15. The Bertz CT molecular complexity index is 337. The monoisotopic (exact) mass is 208 g/mol. The first-order valence-corrected chi connectivity index (χ1v) is 4.89. The molecule has 1 amide bonds. The van der Waals surface area contributed by atoms with Gasteiger partial charge in [0.1, 0.15) is 5.75 Å². The second-order valence-corrected chi connectivity index (χ2v) is 3.74. The van der Waals surface area contributed by atoms with Gasteiger partial charge in [0.2, 0.25) is 0 Å². The topological polar surface area (TPSA) is 64.3 Å². The molecule has 4 nitrogen and oxygen atoms in total. The molecule has 3 N–H and O–H groups in total. The van der Waals surface area contributed by atoms with E-state index in [9.17, 15) is 4.79 Å². The van der Waals surface area contributed by atoms with Crippen molar-refractivity contribution < 1.29 is 9.53 Å². The predicted molar refractivity (Wildman–Crippen MR) is 59.7 cm³/mol. The van der Waals surface area contributed by atoms with Crippen LogP contribution in [0.1, 0.15) is 13.8 Å². The molecule has 4 heteroatoms. The summed E-state index contributed by atoms with van der Waals surface area (Å²) in [5.74, 6) is 0.856. The lowest BCUT2D eigenvalue weighted by Gasteiger charge is -2.08. The van der Waals surface area contributed by atoms with Crippen LogP contribution >= 0.6 is 0 Å². The van der Waals surface area contributed by atoms with E-state index in [1.54, 1.807) is 24.3 Å². The normalized spacial score (nSPS) is 10.1. The van der Waals surface area contributed by atoms with Crippen molar-refractivity contribution in [3.63, 3.8) is 0 Å². The van der Waals surface area contributed by atoms with Crippen molar-refractivity contribution in [1.82, 2.24) is 5.32 Å². The molecule has 0 aliphatic rings. The first kappa shape index (κ1) is 11.4. The van der Waals surface area contributed by atoms with Gasteiger partial charge in [-0.15, -0.1) is 0 Å². The van der Waals surface area contributed by atoms with Crippen molar-refractivity contribution >= 4 is 11.8 Å². The number of carbonyl (C=O) groups excluding carboxylic acids is 1. The Kier molecular flexibility index (Phi) is 3.97. The quantitative estimate of drug-likeness (QED) is 0.747. The lowest BCUT2D eigenvalue weighted by atomic mass is 10.2. The Hall–Kier alpha value is -1.71. The van der Waals surface area contributed by atoms with Crippen molar-refractivity contribution in [3.05, 3.63) is 24.3 Å². The van der Waals surface area contributed by atoms with Gasteiger partial charge >= 0.3 is 6.09 Å². The van der Waals surface area contributed by atoms with E-state index in [0.717, 1.165) is 0 Å². The van der Waals surface area contributed by atoms with Crippen molar-refractivity contribution in [1.29, 1.82) is 0 Å². The fourth-order valence-corrected chi connectivity index (χ4v) is 1.01. The summed E-state index contributed by atoms with van der Waals surface area (Å²) in [4.78, 5) is 11.3. The molecule has 0 spiro atoms. The van der Waals surface area contributed by atoms with Crippen molar-refractivity contribution in [2.45, 2.75) is 13.8 Å². The Labute approximate surface area is 89.4 Å². The van der Waals surface area contributed by atoms with Gasteiger partial charge in [-0.25, -0.2) is 4.79 Å². The summed E-state index contributed by atoms with van der Waals surface area (Å²) in [6.45, 7) is 4.63. The first-order valence-electron chi connectivity index (χ1n) is 4.89. The maximum atomic E-state index is 11.3. The van der Waals surface area contributed by atoms with Crippen LogP contribution in [0.4, 0.5) is 10.5 Å². The molecule has 0 saturated carbocycles. The minimum atomic E-state index is -0.450. The number of benzene rings is 1. The van der Waals surface area contributed by atoms with E-state index >= 15 is 0 Å². The first-order chi connectivity index (χ1) is 7.08. The van der Waals surface area contributed by atoms with Crippen LogP contribution in [-0.4, -0.2) is 12.6 Å². The van der Waals surface area contributed by atoms with Gasteiger partial charge in [0.05, 0.1) is 0 Å². The van der Waals surface area contributed by atoms with Crippen molar-refractivity contribution in [3.8, 4) is 5.75 Å². The van der Waals surface area contributed by atoms with Crippen molar-refractivity contribution in [2.24, 2.45) is 5.92 Å². The molecule has 0 atom stereocenters. The standard InChI is InChI=1S/C11H16N2O2/c1-8(2)7-13-11(14)15-10-5-3-4-9(12)6-10/h3-6,8H,7,12H2,1-2H3,(H,13,14). The average molecular weight is 208 g/mol. The second-order valence-electron chi connectivity index (χ2n) is 3.74. The number of nitrogens with two attached hydrogens (primary N) is 1. The SMILES string of the molecule is CC(C)CNC(=O)Oc1cccc(N)c1. The molecule has 0 aliphatic heterocycles. The van der Waals surface area contributed by atoms with E-state index < -0.39 is 6.09 Å². The van der Waals surface area contributed by atoms with E-state index in [-0.39, 0.29) is 0 Å². The number of carbonyl (C=O) groups is 1. The smallest absolute Gasteiger partial charge is 0.410 e. The molecule has 0 aromatic heterocycles. The molecule has 82 valence electrons. The van der Waals surface area contributed by atoms with E-state index in [0.29, 0.717) is 23.9 Å². The maximum Gasteiger partial charge on any atom is 0.412 e. The summed E-state index contributed by atoms with van der Waals surface area (Å²) in [6, 6.07) is 6.76. The number of anilines is 1. The van der Waals surface area contributed by atoms with Crippen LogP contribution in [0.5, 0.6) is 5.75 Å². The molecule has 0 unspecified atom stereocenters. The Balaban J connectivity index is 2.44. The van der Waals surface area contributed by atoms with Gasteiger partial charge in [-0.05, 0) is 18.1 Å². The Morgan fingerprint density at radius 2 is 2.27 bits per heavy atom. The highest BCUT2D eigenvalue weighted by atomic mass is 16.6. The molecule has 1 rings (SSSR count). The third kappa shape index (κ3) is 4.35. The molecule has 0 fully saturated rings. The van der Waals surface area contributed by atoms with E-state index in [4.69, 9.17) is 10.5 Å². The summed E-state index contributed by atoms with van der Waals surface area (Å²) in [5.41, 5.74) is 6.12. The van der Waals surface area contributed by atoms with Crippen LogP contribution in [0.25, 0.3) is 0 Å². The summed E-state index contributed by atoms with van der Waals surface area (Å²) >= 11 is 0. The number of hydrogen-bond donors (Lipinski definition) is 2. The maximum absolute atomic E-state index is 11.3. The second kappa shape index (κ2) is 5.24. The van der Waals surface area contributed by atoms with Gasteiger partial charge in [-0.2, -0.15) is 0 Å². The van der Waals surface area contributed by atoms with Gasteiger partial charge in [-0.1, -0.05) is 19.9 Å². The van der Waals surface area contributed by atoms with Crippen LogP contribution < -0.4 is 15.8 Å². The fraction of sp³-hybridized carbons (Fsp3) is 0.364. The molecule has 0 saturated heterocycles. The van der Waals surface area contributed by atoms with Crippen LogP contribution in [0.15, 0.2) is 24.3 Å². The summed E-state index contributed by atoms with van der Waals surface area (Å²) in [5, 5.41) is 2.65. The summed E-state index contributed by atoms with van der Waals surface area (Å²) < 4.78 is 5.02. The Morgan fingerprint density at radius 1 is 1.53 bits per heavy atom. The van der Waals surface area contributed by atoms with Gasteiger partial charge in [0.25, 0.3) is 0 Å². The van der Waals surface area contributed by atoms with Crippen LogP contribution in [0.3, 0.4) is 0 Å². The largest absolute Gasteiger partial charge is 0.412 e. The summed E-state index contributed by atoms with van der Waals surface area (Å²) in [6.07, 6.45) is -0.450. The van der Waals surface area contributed by atoms with Crippen LogP contribution in [-0.2, 0) is 0 Å². The zero-order chi connectivity index (χ0) is 11.3. The molecule has 1 aromatic rings. The van der Waals surface area contributed by atoms with E-state index in [2.05, 4.69) is 5.32 Å². The number of hydrogen-bond acceptors (Lipinski definition) is 3. The number of rotatable bonds is 3. The lowest BCUT2D eigenvalue weighted by molar-refractivity contribution is 0.199. The third-order valence-corrected chi connectivity index (χ3v) is 1.72. The van der Waals surface area contributed by atoms with E-state index in [1.807, 2.05) is 13.8 Å². The van der Waals surface area contributed by atoms with E-state index in [1.165, 1.54) is 0 Å². The molecule has 0 aliphatic carbocycles. The molecular formula is C11H16N2O2. The number of nitrogens with one attached hydrogen (secondary N) is 1. The van der Waals surface area contributed by atoms with Gasteiger partial charge < -0.3 is 15.8 Å². The lowest BCUT2D eigenvalue weighted by Crippen LogP contribution is -2.30. The third-order valence-electron chi connectivity index (χ3n) is 1.72. The zero-order valence-corrected chi connectivity index (χ0v) is 8.99. The zero-order valence-electron chi connectivity index (χ0n) is 8.99. The Morgan fingerprint density at radius 3 is 2.87 bits per heavy atom. The molecule has 15 heavy (non-hydrogen) atoms. The number of nitrogen functional groups attached to an aromatic ring is 1. The molecular weight excluding hydrogens is 192 g/mol. The highest BCUT2D eigenvalue weighted by Crippen LogP contribution is 2.14. The predicted octanol–water partition coefficient (Wildman–Crippen LogP) is 2.01. The highest BCUT2D eigenvalue weighted by molar-refractivity contribution is 5.70. The number of amides is 1. The van der Waals surface area contributed by atoms with Crippen molar-refractivity contribution in [2.75, 3.05) is 12.3 Å². The molecule has 0 bridgehead atoms. The number of ether oxygens (including phenoxy) is 1. The molecule has 1 aromatic carbocycles. The minimum absolute atomic E-state index is 0.401. The van der Waals surface area contributed by atoms with Gasteiger partial charge in [0, 0.05) is 18.3 Å².